The van der Waals surface area contributed by atoms with E-state index in [4.69, 9.17) is 0 Å². The average Bonchev–Trinajstić information content (AvgIpc) is 3.17. The van der Waals surface area contributed by atoms with Crippen molar-refractivity contribution in [2.45, 2.75) is 38.3 Å². The minimum absolute atomic E-state index is 0.229. The lowest BCUT2D eigenvalue weighted by Crippen LogP contribution is -2.48. The van der Waals surface area contributed by atoms with Gasteiger partial charge in [0.2, 0.25) is 0 Å². The van der Waals surface area contributed by atoms with Crippen molar-refractivity contribution in [2.24, 2.45) is 0 Å². The van der Waals surface area contributed by atoms with Gasteiger partial charge in [-0.3, -0.25) is 4.79 Å². The van der Waals surface area contributed by atoms with E-state index < -0.39 is 11.4 Å². The molecule has 1 aromatic heterocycles. The number of hydrogen-bond acceptors (Lipinski definition) is 2. The zero-order chi connectivity index (χ0) is 16.6. The van der Waals surface area contributed by atoms with E-state index in [1.807, 2.05) is 12.1 Å². The van der Waals surface area contributed by atoms with Crippen LogP contribution >= 0.6 is 0 Å². The lowest BCUT2D eigenvalue weighted by Gasteiger charge is -2.33. The zero-order valence-corrected chi connectivity index (χ0v) is 13.4. The minimum atomic E-state index is -0.963. The van der Waals surface area contributed by atoms with Crippen molar-refractivity contribution in [3.8, 4) is 5.69 Å². The van der Waals surface area contributed by atoms with Gasteiger partial charge >= 0.3 is 0 Å². The summed E-state index contributed by atoms with van der Waals surface area (Å²) in [6.07, 6.45) is 5.12. The average molecular weight is 316 g/mol. The van der Waals surface area contributed by atoms with Gasteiger partial charge in [0.15, 0.2) is 0 Å². The van der Waals surface area contributed by atoms with Crippen LogP contribution in [0.5, 0.6) is 0 Å². The Balaban J connectivity index is 1.87. The fraction of sp³-hybridized carbons (Fsp3) is 0.389. The molecule has 122 valence electrons. The second kappa shape index (κ2) is 5.81. The predicted molar refractivity (Wildman–Crippen MR) is 86.1 cm³/mol. The van der Waals surface area contributed by atoms with E-state index in [0.717, 1.165) is 12.8 Å². The van der Waals surface area contributed by atoms with Crippen LogP contribution in [0.15, 0.2) is 42.7 Å². The molecule has 0 aliphatic carbocycles. The Morgan fingerprint density at radius 3 is 2.61 bits per heavy atom. The van der Waals surface area contributed by atoms with Crippen molar-refractivity contribution >= 4 is 5.91 Å². The molecule has 3 rings (SSSR count). The highest BCUT2D eigenvalue weighted by Gasteiger charge is 2.38. The molecule has 0 bridgehead atoms. The number of carbonyl (C=O) groups excluding carboxylic acids is 1. The topological polar surface area (TPSA) is 45.5 Å². The van der Waals surface area contributed by atoms with E-state index in [9.17, 15) is 14.3 Å². The number of carbonyl (C=O) groups is 1. The summed E-state index contributed by atoms with van der Waals surface area (Å²) in [4.78, 5) is 14.4. The molecule has 4 nitrogen and oxygen atoms in total. The number of likely N-dealkylation sites (tertiary alicyclic amines) is 1. The van der Waals surface area contributed by atoms with Crippen LogP contribution in [0.4, 0.5) is 4.39 Å². The van der Waals surface area contributed by atoms with Gasteiger partial charge < -0.3 is 14.6 Å². The van der Waals surface area contributed by atoms with Crippen molar-refractivity contribution in [2.75, 3.05) is 6.54 Å². The Labute approximate surface area is 135 Å². The van der Waals surface area contributed by atoms with Gasteiger partial charge in [0.25, 0.3) is 5.91 Å². The molecule has 2 heterocycles. The molecule has 2 aromatic rings. The second-order valence-electron chi connectivity index (χ2n) is 6.57. The number of nitrogens with zero attached hydrogens (tertiary/aromatic N) is 2. The van der Waals surface area contributed by atoms with Gasteiger partial charge in [-0.15, -0.1) is 0 Å². The first-order chi connectivity index (χ1) is 10.9. The molecule has 1 aromatic carbocycles. The lowest BCUT2D eigenvalue weighted by atomic mass is 9.96. The van der Waals surface area contributed by atoms with Gasteiger partial charge in [0, 0.05) is 24.5 Å². The summed E-state index contributed by atoms with van der Waals surface area (Å²) in [7, 11) is 0. The highest BCUT2D eigenvalue weighted by atomic mass is 19.1. The Morgan fingerprint density at radius 1 is 1.30 bits per heavy atom. The maximum absolute atomic E-state index is 14.4. The van der Waals surface area contributed by atoms with Crippen LogP contribution in [0, 0.1) is 5.82 Å². The predicted octanol–water partition coefficient (Wildman–Crippen LogP) is 2.99. The molecule has 1 aliphatic rings. The number of aromatic nitrogens is 1. The summed E-state index contributed by atoms with van der Waals surface area (Å²) >= 11 is 0. The van der Waals surface area contributed by atoms with Gasteiger partial charge in [-0.05, 0) is 57.0 Å². The number of halogens is 1. The third-order valence-electron chi connectivity index (χ3n) is 4.41. The molecule has 1 amide bonds. The van der Waals surface area contributed by atoms with Crippen molar-refractivity contribution in [3.63, 3.8) is 0 Å². The molecular formula is C18H21FN2O2. The number of benzene rings is 1. The smallest absolute Gasteiger partial charge is 0.254 e. The fourth-order valence-corrected chi connectivity index (χ4v) is 3.25. The summed E-state index contributed by atoms with van der Waals surface area (Å²) < 4.78 is 16.0. The van der Waals surface area contributed by atoms with E-state index in [0.29, 0.717) is 17.8 Å². The summed E-state index contributed by atoms with van der Waals surface area (Å²) in [5.74, 6) is -0.668. The monoisotopic (exact) mass is 316 g/mol. The van der Waals surface area contributed by atoms with Crippen LogP contribution in [0.25, 0.3) is 5.69 Å². The van der Waals surface area contributed by atoms with Crippen LogP contribution in [0.3, 0.4) is 0 Å². The highest BCUT2D eigenvalue weighted by molar-refractivity contribution is 5.95. The molecule has 1 aliphatic heterocycles. The molecule has 0 spiro atoms. The van der Waals surface area contributed by atoms with Crippen molar-refractivity contribution in [1.82, 2.24) is 9.47 Å². The quantitative estimate of drug-likeness (QED) is 0.946. The van der Waals surface area contributed by atoms with E-state index in [1.54, 1.807) is 47.8 Å². The van der Waals surface area contributed by atoms with Crippen LogP contribution < -0.4 is 0 Å². The van der Waals surface area contributed by atoms with E-state index in [-0.39, 0.29) is 11.9 Å². The highest BCUT2D eigenvalue weighted by Crippen LogP contribution is 2.28. The molecule has 1 atom stereocenters. The summed E-state index contributed by atoms with van der Waals surface area (Å²) in [5.41, 5.74) is -0.239. The molecular weight excluding hydrogens is 295 g/mol. The van der Waals surface area contributed by atoms with E-state index >= 15 is 0 Å². The third-order valence-corrected chi connectivity index (χ3v) is 4.41. The molecule has 0 radical (unpaired) electrons. The van der Waals surface area contributed by atoms with Crippen molar-refractivity contribution < 1.29 is 14.3 Å². The van der Waals surface area contributed by atoms with E-state index in [1.165, 1.54) is 6.07 Å². The number of aliphatic hydroxyl groups is 1. The zero-order valence-electron chi connectivity index (χ0n) is 13.4. The van der Waals surface area contributed by atoms with Crippen LogP contribution in [-0.2, 0) is 0 Å². The Morgan fingerprint density at radius 2 is 2.00 bits per heavy atom. The number of hydrogen-bond donors (Lipinski definition) is 1. The Bertz CT molecular complexity index is 704. The van der Waals surface area contributed by atoms with Gasteiger partial charge in [-0.25, -0.2) is 4.39 Å². The van der Waals surface area contributed by atoms with E-state index in [2.05, 4.69) is 0 Å². The third kappa shape index (κ3) is 3.01. The Kier molecular flexibility index (Phi) is 3.98. The Hall–Kier alpha value is -2.14. The first-order valence-electron chi connectivity index (χ1n) is 7.84. The standard InChI is InChI=1S/C18H21FN2O2/c1-18(2,23)16-6-5-11-21(16)17(22)13-7-8-15(14(19)12-13)20-9-3-4-10-20/h3-4,7-10,12,16,23H,5-6,11H2,1-2H3. The van der Waals surface area contributed by atoms with Crippen molar-refractivity contribution in [3.05, 3.63) is 54.1 Å². The largest absolute Gasteiger partial charge is 0.388 e. The number of amides is 1. The van der Waals surface area contributed by atoms with Gasteiger partial charge in [0.1, 0.15) is 5.82 Å². The van der Waals surface area contributed by atoms with Crippen molar-refractivity contribution in [1.29, 1.82) is 0 Å². The molecule has 1 saturated heterocycles. The molecule has 1 fully saturated rings. The molecule has 23 heavy (non-hydrogen) atoms. The maximum Gasteiger partial charge on any atom is 0.254 e. The van der Waals surface area contributed by atoms with Gasteiger partial charge in [-0.1, -0.05) is 0 Å². The molecule has 1 N–H and O–H groups in total. The first kappa shape index (κ1) is 15.7. The normalized spacial score (nSPS) is 18.4. The maximum atomic E-state index is 14.4. The van der Waals surface area contributed by atoms with Crippen LogP contribution in [0.1, 0.15) is 37.0 Å². The summed E-state index contributed by atoms with van der Waals surface area (Å²) in [6, 6.07) is 7.92. The summed E-state index contributed by atoms with van der Waals surface area (Å²) in [5, 5.41) is 10.2. The van der Waals surface area contributed by atoms with Crippen LogP contribution in [0.2, 0.25) is 0 Å². The fourth-order valence-electron chi connectivity index (χ4n) is 3.25. The molecule has 1 unspecified atom stereocenters. The lowest BCUT2D eigenvalue weighted by molar-refractivity contribution is 0.000324. The summed E-state index contributed by atoms with van der Waals surface area (Å²) in [6.45, 7) is 4.01. The van der Waals surface area contributed by atoms with Gasteiger partial charge in [0.05, 0.1) is 17.3 Å². The second-order valence-corrected chi connectivity index (χ2v) is 6.57. The minimum Gasteiger partial charge on any atom is -0.388 e. The molecule has 0 saturated carbocycles. The first-order valence-corrected chi connectivity index (χ1v) is 7.84. The van der Waals surface area contributed by atoms with Crippen LogP contribution in [-0.4, -0.2) is 38.7 Å². The van der Waals surface area contributed by atoms with Gasteiger partial charge in [-0.2, -0.15) is 0 Å². The SMILES string of the molecule is CC(C)(O)C1CCCN1C(=O)c1ccc(-n2cccc2)c(F)c1. The number of rotatable bonds is 3. The molecule has 5 heteroatoms.